The molecule has 1 aromatic carbocycles. The number of hydrogen-bond acceptors (Lipinski definition) is 6. The van der Waals surface area contributed by atoms with E-state index in [1.165, 1.54) is 5.56 Å². The second-order valence-electron chi connectivity index (χ2n) is 7.23. The zero-order chi connectivity index (χ0) is 21.1. The number of pyridine rings is 1. The fraction of sp³-hybridized carbons (Fsp3) is 0.522. The van der Waals surface area contributed by atoms with Gasteiger partial charge in [-0.3, -0.25) is 9.78 Å². The smallest absolute Gasteiger partial charge is 0.305 e. The largest absolute Gasteiger partial charge is 0.464 e. The van der Waals surface area contributed by atoms with Crippen LogP contribution in [0.2, 0.25) is 0 Å². The van der Waals surface area contributed by atoms with E-state index in [2.05, 4.69) is 71.2 Å². The maximum atomic E-state index is 11.9. The molecule has 2 rings (SSSR count). The van der Waals surface area contributed by atoms with E-state index in [1.54, 1.807) is 0 Å². The summed E-state index contributed by atoms with van der Waals surface area (Å²) in [7, 11) is 0. The van der Waals surface area contributed by atoms with Crippen LogP contribution in [0.1, 0.15) is 50.7 Å². The van der Waals surface area contributed by atoms with Gasteiger partial charge in [-0.2, -0.15) is 0 Å². The lowest BCUT2D eigenvalue weighted by Crippen LogP contribution is -2.27. The molecule has 0 aliphatic carbocycles. The van der Waals surface area contributed by atoms with Gasteiger partial charge in [0.15, 0.2) is 0 Å². The molecule has 0 fully saturated rings. The molecule has 1 unspecified atom stereocenters. The lowest BCUT2D eigenvalue weighted by atomic mass is 9.98. The van der Waals surface area contributed by atoms with Gasteiger partial charge in [0.25, 0.3) is 0 Å². The van der Waals surface area contributed by atoms with Crippen molar-refractivity contribution in [2.75, 3.05) is 32.8 Å². The number of thiocarbonyl (C=S) groups is 1. The Labute approximate surface area is 179 Å². The first-order valence-electron chi connectivity index (χ1n) is 10.4. The minimum absolute atomic E-state index is 0.124. The Hall–Kier alpha value is -2.14. The molecule has 1 heterocycles. The van der Waals surface area contributed by atoms with Gasteiger partial charge in [-0.1, -0.05) is 26.8 Å². The number of aromatic nitrogens is 1. The number of carbonyl (C=O) groups is 1. The highest BCUT2D eigenvalue weighted by Crippen LogP contribution is 2.22. The average molecular weight is 414 g/mol. The van der Waals surface area contributed by atoms with Crippen molar-refractivity contribution in [1.29, 1.82) is 0 Å². The van der Waals surface area contributed by atoms with Gasteiger partial charge in [0.1, 0.15) is 6.61 Å². The van der Waals surface area contributed by atoms with Gasteiger partial charge in [0.2, 0.25) is 0 Å². The van der Waals surface area contributed by atoms with Crippen LogP contribution in [0.5, 0.6) is 0 Å². The molecule has 1 atom stereocenters. The molecule has 0 saturated heterocycles. The molecule has 156 valence electrons. The molecule has 0 bridgehead atoms. The van der Waals surface area contributed by atoms with Gasteiger partial charge in [-0.25, -0.2) is 4.99 Å². The summed E-state index contributed by atoms with van der Waals surface area (Å²) < 4.78 is 5.34. The lowest BCUT2D eigenvalue weighted by molar-refractivity contribution is -0.144. The number of aryl methyl sites for hydroxylation is 1. The SMILES string of the molecule is CCN(CC)CCOC(=O)CCCc1cnc2ccc(C(C)CN=C=S)cc2c1. The third-order valence-electron chi connectivity index (χ3n) is 5.17. The number of hydrogen-bond donors (Lipinski definition) is 0. The summed E-state index contributed by atoms with van der Waals surface area (Å²) in [6, 6.07) is 8.45. The molecule has 0 amide bonds. The third kappa shape index (κ3) is 7.65. The van der Waals surface area contributed by atoms with Crippen molar-refractivity contribution < 1.29 is 9.53 Å². The molecule has 1 aromatic heterocycles. The summed E-state index contributed by atoms with van der Waals surface area (Å²) in [5.74, 6) is 0.158. The topological polar surface area (TPSA) is 54.8 Å². The Balaban J connectivity index is 1.86. The van der Waals surface area contributed by atoms with Crippen molar-refractivity contribution in [3.63, 3.8) is 0 Å². The van der Waals surface area contributed by atoms with Crippen LogP contribution in [0.15, 0.2) is 35.5 Å². The number of carbonyl (C=O) groups excluding carboxylic acids is 1. The second kappa shape index (κ2) is 12.4. The third-order valence-corrected chi connectivity index (χ3v) is 5.30. The van der Waals surface area contributed by atoms with Gasteiger partial charge in [-0.05, 0) is 67.5 Å². The zero-order valence-electron chi connectivity index (χ0n) is 17.7. The molecule has 2 aromatic rings. The summed E-state index contributed by atoms with van der Waals surface area (Å²) >= 11 is 4.66. The zero-order valence-corrected chi connectivity index (χ0v) is 18.5. The van der Waals surface area contributed by atoms with Gasteiger partial charge in [0.05, 0.1) is 17.2 Å². The second-order valence-corrected chi connectivity index (χ2v) is 7.41. The van der Waals surface area contributed by atoms with Crippen LogP contribution in [-0.4, -0.2) is 53.8 Å². The highest BCUT2D eigenvalue weighted by molar-refractivity contribution is 7.78. The summed E-state index contributed by atoms with van der Waals surface area (Å²) in [6.07, 6.45) is 3.90. The minimum atomic E-state index is -0.124. The number of rotatable bonds is 12. The van der Waals surface area contributed by atoms with Gasteiger partial charge < -0.3 is 9.64 Å². The van der Waals surface area contributed by atoms with Gasteiger partial charge >= 0.3 is 5.97 Å². The fourth-order valence-electron chi connectivity index (χ4n) is 3.26. The molecule has 0 saturated carbocycles. The Morgan fingerprint density at radius 2 is 2.10 bits per heavy atom. The lowest BCUT2D eigenvalue weighted by Gasteiger charge is -2.17. The van der Waals surface area contributed by atoms with E-state index in [4.69, 9.17) is 4.74 Å². The van der Waals surface area contributed by atoms with Crippen molar-refractivity contribution >= 4 is 34.3 Å². The van der Waals surface area contributed by atoms with Crippen LogP contribution in [0.4, 0.5) is 0 Å². The van der Waals surface area contributed by atoms with E-state index < -0.39 is 0 Å². The van der Waals surface area contributed by atoms with Crippen LogP contribution in [0.3, 0.4) is 0 Å². The van der Waals surface area contributed by atoms with Gasteiger partial charge in [-0.15, -0.1) is 0 Å². The summed E-state index contributed by atoms with van der Waals surface area (Å²) in [4.78, 5) is 22.8. The van der Waals surface area contributed by atoms with Crippen LogP contribution < -0.4 is 0 Å². The molecule has 0 aliphatic rings. The minimum Gasteiger partial charge on any atom is -0.464 e. The van der Waals surface area contributed by atoms with Crippen LogP contribution in [0.25, 0.3) is 10.9 Å². The van der Waals surface area contributed by atoms with Crippen LogP contribution >= 0.6 is 12.2 Å². The first-order chi connectivity index (χ1) is 14.1. The van der Waals surface area contributed by atoms with E-state index >= 15 is 0 Å². The van der Waals surface area contributed by atoms with Crippen molar-refractivity contribution in [2.24, 2.45) is 4.99 Å². The van der Waals surface area contributed by atoms with Crippen LogP contribution in [0, 0.1) is 0 Å². The highest BCUT2D eigenvalue weighted by atomic mass is 32.1. The summed E-state index contributed by atoms with van der Waals surface area (Å²) in [5.41, 5.74) is 3.32. The molecule has 6 heteroatoms. The molecule has 0 aliphatic heterocycles. The number of benzene rings is 1. The number of aliphatic imine (C=N–C) groups is 1. The Morgan fingerprint density at radius 3 is 2.83 bits per heavy atom. The number of likely N-dealkylation sites (N-methyl/N-ethyl adjacent to an activating group) is 1. The normalized spacial score (nSPS) is 12.0. The van der Waals surface area contributed by atoms with E-state index in [9.17, 15) is 4.79 Å². The summed E-state index contributed by atoms with van der Waals surface area (Å²) in [6.45, 7) is 10.2. The first-order valence-corrected chi connectivity index (χ1v) is 10.8. The molecule has 0 radical (unpaired) electrons. The molecule has 29 heavy (non-hydrogen) atoms. The maximum absolute atomic E-state index is 11.9. The van der Waals surface area contributed by atoms with Crippen molar-refractivity contribution in [3.05, 3.63) is 41.6 Å². The number of esters is 1. The van der Waals surface area contributed by atoms with E-state index in [0.29, 0.717) is 19.6 Å². The quantitative estimate of drug-likeness (QED) is 0.288. The number of isothiocyanates is 1. The Bertz CT molecular complexity index is 845. The molecule has 5 nitrogen and oxygen atoms in total. The van der Waals surface area contributed by atoms with Gasteiger partial charge in [0, 0.05) is 30.5 Å². The molecule has 0 spiro atoms. The number of nitrogens with zero attached hydrogens (tertiary/aromatic N) is 3. The number of fused-ring (bicyclic) bond motifs is 1. The van der Waals surface area contributed by atoms with E-state index in [0.717, 1.165) is 48.9 Å². The van der Waals surface area contributed by atoms with Crippen molar-refractivity contribution in [2.45, 2.75) is 46.0 Å². The average Bonchev–Trinajstić information content (AvgIpc) is 2.74. The van der Waals surface area contributed by atoms with Crippen LogP contribution in [-0.2, 0) is 16.0 Å². The predicted octanol–water partition coefficient (Wildman–Crippen LogP) is 4.65. The molecular weight excluding hydrogens is 382 g/mol. The highest BCUT2D eigenvalue weighted by Gasteiger charge is 2.08. The van der Waals surface area contributed by atoms with E-state index in [1.807, 2.05) is 12.3 Å². The first kappa shape index (κ1) is 23.1. The molecular formula is C23H31N3O2S. The Morgan fingerprint density at radius 1 is 1.31 bits per heavy atom. The molecule has 0 N–H and O–H groups in total. The fourth-order valence-corrected chi connectivity index (χ4v) is 3.33. The standard InChI is InChI=1S/C23H31N3O2S/c1-4-26(5-2)11-12-28-23(27)8-6-7-19-13-21-14-20(18(3)15-24-17-29)9-10-22(21)25-16-19/h9-10,13-14,16,18H,4-8,11-12,15H2,1-3H3. The van der Waals surface area contributed by atoms with Crippen molar-refractivity contribution in [1.82, 2.24) is 9.88 Å². The number of ether oxygens (including phenoxy) is 1. The predicted molar refractivity (Wildman–Crippen MR) is 122 cm³/mol. The Kier molecular flexibility index (Phi) is 9.92. The summed E-state index contributed by atoms with van der Waals surface area (Å²) in [5, 5.41) is 3.54. The maximum Gasteiger partial charge on any atom is 0.305 e. The van der Waals surface area contributed by atoms with Crippen molar-refractivity contribution in [3.8, 4) is 0 Å². The monoisotopic (exact) mass is 413 g/mol. The van der Waals surface area contributed by atoms with E-state index in [-0.39, 0.29) is 11.9 Å².